The number of aromatic nitrogens is 1. The van der Waals surface area contributed by atoms with Gasteiger partial charge in [0.25, 0.3) is 11.5 Å². The molecule has 0 aromatic carbocycles. The third-order valence-electron chi connectivity index (χ3n) is 5.21. The summed E-state index contributed by atoms with van der Waals surface area (Å²) in [6.45, 7) is 3.60. The first kappa shape index (κ1) is 19.4. The molecule has 0 N–H and O–H groups in total. The first-order chi connectivity index (χ1) is 12.2. The van der Waals surface area contributed by atoms with Crippen molar-refractivity contribution in [2.24, 2.45) is 5.92 Å². The maximum Gasteiger partial charge on any atom is 0.393 e. The molecule has 3 heterocycles. The molecule has 26 heavy (non-hydrogen) atoms. The summed E-state index contributed by atoms with van der Waals surface area (Å²) in [4.78, 5) is 28.4. The predicted molar refractivity (Wildman–Crippen MR) is 94.1 cm³/mol. The number of pyridine rings is 1. The van der Waals surface area contributed by atoms with Crippen molar-refractivity contribution >= 4 is 21.8 Å². The predicted octanol–water partition coefficient (Wildman–Crippen LogP) is 2.73. The standard InChI is InChI=1S/C17H21BrF3N3O2/c1-11-9-24-14(5-4-13(18)15(24)25)16(26)23(11)8-7-22-6-2-3-12(10-22)17(19,20)21/h4-5,11-12H,2-3,6-10H2,1H3. The zero-order chi connectivity index (χ0) is 19.1. The summed E-state index contributed by atoms with van der Waals surface area (Å²) in [5.74, 6) is -1.54. The lowest BCUT2D eigenvalue weighted by Crippen LogP contribution is -2.52. The van der Waals surface area contributed by atoms with Crippen molar-refractivity contribution in [2.75, 3.05) is 26.2 Å². The molecule has 1 aromatic heterocycles. The molecule has 1 saturated heterocycles. The molecule has 2 aliphatic rings. The van der Waals surface area contributed by atoms with E-state index >= 15 is 0 Å². The van der Waals surface area contributed by atoms with Gasteiger partial charge in [-0.25, -0.2) is 0 Å². The average Bonchev–Trinajstić information content (AvgIpc) is 2.58. The Labute approximate surface area is 157 Å². The molecule has 0 spiro atoms. The van der Waals surface area contributed by atoms with Crippen molar-refractivity contribution in [2.45, 2.75) is 38.5 Å². The van der Waals surface area contributed by atoms with Crippen molar-refractivity contribution in [3.05, 3.63) is 32.7 Å². The summed E-state index contributed by atoms with van der Waals surface area (Å²) >= 11 is 3.18. The van der Waals surface area contributed by atoms with Gasteiger partial charge < -0.3 is 14.4 Å². The maximum absolute atomic E-state index is 12.9. The van der Waals surface area contributed by atoms with Crippen LogP contribution in [0.3, 0.4) is 0 Å². The van der Waals surface area contributed by atoms with E-state index in [-0.39, 0.29) is 30.5 Å². The molecule has 0 saturated carbocycles. The zero-order valence-corrected chi connectivity index (χ0v) is 16.0. The third-order valence-corrected chi connectivity index (χ3v) is 5.82. The second-order valence-electron chi connectivity index (χ2n) is 7.01. The Hall–Kier alpha value is -1.35. The Kier molecular flexibility index (Phi) is 5.48. The molecule has 2 aliphatic heterocycles. The lowest BCUT2D eigenvalue weighted by molar-refractivity contribution is -0.186. The summed E-state index contributed by atoms with van der Waals surface area (Å²) < 4.78 is 40.7. The number of hydrogen-bond acceptors (Lipinski definition) is 3. The van der Waals surface area contributed by atoms with Gasteiger partial charge in [-0.2, -0.15) is 13.2 Å². The van der Waals surface area contributed by atoms with Crippen molar-refractivity contribution in [3.63, 3.8) is 0 Å². The van der Waals surface area contributed by atoms with Gasteiger partial charge in [-0.15, -0.1) is 0 Å². The van der Waals surface area contributed by atoms with Gasteiger partial charge in [-0.05, 0) is 54.4 Å². The number of nitrogens with zero attached hydrogens (tertiary/aromatic N) is 3. The molecule has 1 amide bonds. The van der Waals surface area contributed by atoms with Crippen LogP contribution < -0.4 is 5.56 Å². The fourth-order valence-corrected chi connectivity index (χ4v) is 4.07. The molecule has 0 radical (unpaired) electrons. The van der Waals surface area contributed by atoms with Gasteiger partial charge in [0.1, 0.15) is 5.69 Å². The van der Waals surface area contributed by atoms with Crippen LogP contribution in [0.25, 0.3) is 0 Å². The van der Waals surface area contributed by atoms with Crippen molar-refractivity contribution in [1.82, 2.24) is 14.4 Å². The van der Waals surface area contributed by atoms with Crippen LogP contribution in [0, 0.1) is 5.92 Å². The smallest absolute Gasteiger partial charge is 0.332 e. The quantitative estimate of drug-likeness (QED) is 0.733. The minimum Gasteiger partial charge on any atom is -0.332 e. The van der Waals surface area contributed by atoms with Crippen molar-refractivity contribution < 1.29 is 18.0 Å². The van der Waals surface area contributed by atoms with E-state index in [9.17, 15) is 22.8 Å². The number of alkyl halides is 3. The van der Waals surface area contributed by atoms with Crippen LogP contribution in [0.2, 0.25) is 0 Å². The molecule has 9 heteroatoms. The van der Waals surface area contributed by atoms with Crippen LogP contribution >= 0.6 is 15.9 Å². The fraction of sp³-hybridized carbons (Fsp3) is 0.647. The fourth-order valence-electron chi connectivity index (χ4n) is 3.73. The van der Waals surface area contributed by atoms with Gasteiger partial charge in [-0.3, -0.25) is 9.59 Å². The van der Waals surface area contributed by atoms with E-state index in [1.54, 1.807) is 21.9 Å². The lowest BCUT2D eigenvalue weighted by Gasteiger charge is -2.38. The van der Waals surface area contributed by atoms with E-state index < -0.39 is 12.1 Å². The largest absolute Gasteiger partial charge is 0.393 e. The van der Waals surface area contributed by atoms with Gasteiger partial charge in [0.15, 0.2) is 0 Å². The van der Waals surface area contributed by atoms with Crippen LogP contribution in [-0.2, 0) is 6.54 Å². The van der Waals surface area contributed by atoms with Gasteiger partial charge in [0.2, 0.25) is 0 Å². The minimum atomic E-state index is -4.17. The number of hydrogen-bond donors (Lipinski definition) is 0. The monoisotopic (exact) mass is 435 g/mol. The molecule has 2 atom stereocenters. The van der Waals surface area contributed by atoms with Gasteiger partial charge in [0.05, 0.1) is 10.4 Å². The molecular weight excluding hydrogens is 415 g/mol. The number of carbonyl (C=O) groups excluding carboxylic acids is 1. The molecule has 5 nitrogen and oxygen atoms in total. The Bertz CT molecular complexity index is 750. The van der Waals surface area contributed by atoms with Crippen LogP contribution in [0.1, 0.15) is 30.3 Å². The summed E-state index contributed by atoms with van der Waals surface area (Å²) in [6.07, 6.45) is -3.48. The summed E-state index contributed by atoms with van der Waals surface area (Å²) in [7, 11) is 0. The highest BCUT2D eigenvalue weighted by molar-refractivity contribution is 9.10. The van der Waals surface area contributed by atoms with E-state index in [0.717, 1.165) is 0 Å². The molecule has 1 aromatic rings. The first-order valence-corrected chi connectivity index (χ1v) is 9.47. The van der Waals surface area contributed by atoms with Crippen molar-refractivity contribution in [3.8, 4) is 0 Å². The molecule has 1 fully saturated rings. The Morgan fingerprint density at radius 1 is 1.19 bits per heavy atom. The number of piperidine rings is 1. The maximum atomic E-state index is 12.9. The Morgan fingerprint density at radius 3 is 2.62 bits per heavy atom. The number of fused-ring (bicyclic) bond motifs is 1. The summed E-state index contributed by atoms with van der Waals surface area (Å²) in [6, 6.07) is 2.97. The molecule has 144 valence electrons. The Balaban J connectivity index is 1.68. The highest BCUT2D eigenvalue weighted by Gasteiger charge is 2.42. The van der Waals surface area contributed by atoms with Crippen LogP contribution in [-0.4, -0.2) is 58.7 Å². The number of rotatable bonds is 3. The summed E-state index contributed by atoms with van der Waals surface area (Å²) in [5.41, 5.74) is 0.0783. The lowest BCUT2D eigenvalue weighted by atomic mass is 9.97. The van der Waals surface area contributed by atoms with Gasteiger partial charge >= 0.3 is 6.18 Å². The third kappa shape index (κ3) is 3.83. The molecule has 0 bridgehead atoms. The number of likely N-dealkylation sites (tertiary alicyclic amines) is 1. The average molecular weight is 436 g/mol. The van der Waals surface area contributed by atoms with Gasteiger partial charge in [-0.1, -0.05) is 0 Å². The van der Waals surface area contributed by atoms with Crippen LogP contribution in [0.15, 0.2) is 21.4 Å². The SMILES string of the molecule is CC1Cn2c(ccc(Br)c2=O)C(=O)N1CCN1CCCC(C(F)(F)F)C1. The normalized spacial score (nSPS) is 24.7. The topological polar surface area (TPSA) is 45.6 Å². The molecule has 2 unspecified atom stereocenters. The van der Waals surface area contributed by atoms with Crippen LogP contribution in [0.5, 0.6) is 0 Å². The number of amides is 1. The Morgan fingerprint density at radius 2 is 1.92 bits per heavy atom. The van der Waals surface area contributed by atoms with Crippen molar-refractivity contribution in [1.29, 1.82) is 0 Å². The molecule has 0 aliphatic carbocycles. The molecule has 3 rings (SSSR count). The number of carbonyl (C=O) groups is 1. The molecular formula is C17H21BrF3N3O2. The van der Waals surface area contributed by atoms with E-state index in [2.05, 4.69) is 15.9 Å². The highest BCUT2D eigenvalue weighted by Crippen LogP contribution is 2.33. The second kappa shape index (κ2) is 7.34. The van der Waals surface area contributed by atoms with Gasteiger partial charge in [0, 0.05) is 32.2 Å². The van der Waals surface area contributed by atoms with E-state index in [0.29, 0.717) is 42.8 Å². The van der Waals surface area contributed by atoms with Crippen LogP contribution in [0.4, 0.5) is 13.2 Å². The highest BCUT2D eigenvalue weighted by atomic mass is 79.9. The zero-order valence-electron chi connectivity index (χ0n) is 14.4. The second-order valence-corrected chi connectivity index (χ2v) is 7.87. The summed E-state index contributed by atoms with van der Waals surface area (Å²) in [5, 5.41) is 0. The van der Waals surface area contributed by atoms with E-state index in [1.165, 1.54) is 4.57 Å². The minimum absolute atomic E-state index is 0.0110. The van der Waals surface area contributed by atoms with E-state index in [1.807, 2.05) is 6.92 Å². The first-order valence-electron chi connectivity index (χ1n) is 8.68. The number of halogens is 4. The van der Waals surface area contributed by atoms with E-state index in [4.69, 9.17) is 0 Å².